The Labute approximate surface area is 162 Å². The highest BCUT2D eigenvalue weighted by atomic mass is 35.5. The van der Waals surface area contributed by atoms with E-state index < -0.39 is 0 Å². The second-order valence-corrected chi connectivity index (χ2v) is 6.30. The molecule has 5 nitrogen and oxygen atoms in total. The van der Waals surface area contributed by atoms with Gasteiger partial charge in [0.25, 0.3) is 11.8 Å². The van der Waals surface area contributed by atoms with Crippen LogP contribution in [0.25, 0.3) is 0 Å². The van der Waals surface area contributed by atoms with Gasteiger partial charge in [0.15, 0.2) is 5.75 Å². The van der Waals surface area contributed by atoms with Crippen LogP contribution in [-0.4, -0.2) is 36.9 Å². The number of amides is 2. The number of halogens is 2. The highest BCUT2D eigenvalue weighted by Crippen LogP contribution is 2.34. The molecule has 0 aliphatic rings. The lowest BCUT2D eigenvalue weighted by atomic mass is 10.1. The quantitative estimate of drug-likeness (QED) is 0.769. The average Bonchev–Trinajstić information content (AvgIpc) is 2.63. The predicted molar refractivity (Wildman–Crippen MR) is 105 cm³/mol. The lowest BCUT2D eigenvalue weighted by molar-refractivity contribution is 0.0773. The van der Waals surface area contributed by atoms with Crippen LogP contribution in [0.1, 0.15) is 34.6 Å². The van der Waals surface area contributed by atoms with Gasteiger partial charge in [0.1, 0.15) is 0 Å². The van der Waals surface area contributed by atoms with Crippen molar-refractivity contribution < 1.29 is 14.3 Å². The van der Waals surface area contributed by atoms with Gasteiger partial charge in [0.05, 0.1) is 17.2 Å². The number of rotatable bonds is 6. The Morgan fingerprint density at radius 1 is 1.00 bits per heavy atom. The predicted octanol–water partition coefficient (Wildman–Crippen LogP) is 4.74. The molecule has 2 aromatic carbocycles. The molecule has 138 valence electrons. The molecule has 1 N–H and O–H groups in total. The molecule has 0 unspecified atom stereocenters. The zero-order valence-electron chi connectivity index (χ0n) is 14.8. The van der Waals surface area contributed by atoms with E-state index in [-0.39, 0.29) is 21.9 Å². The molecule has 0 fully saturated rings. The number of nitrogens with zero attached hydrogens (tertiary/aromatic N) is 1. The van der Waals surface area contributed by atoms with Gasteiger partial charge in [-0.15, -0.1) is 0 Å². The maximum atomic E-state index is 12.4. The second kappa shape index (κ2) is 8.92. The Balaban J connectivity index is 2.14. The third-order valence-corrected chi connectivity index (χ3v) is 4.47. The van der Waals surface area contributed by atoms with Crippen molar-refractivity contribution in [1.82, 2.24) is 4.90 Å². The first kappa shape index (κ1) is 20.1. The topological polar surface area (TPSA) is 58.6 Å². The summed E-state index contributed by atoms with van der Waals surface area (Å²) < 4.78 is 5.07. The molecule has 0 aliphatic heterocycles. The van der Waals surface area contributed by atoms with Crippen LogP contribution in [0, 0.1) is 0 Å². The molecule has 0 spiro atoms. The second-order valence-electron chi connectivity index (χ2n) is 5.48. The molecule has 0 radical (unpaired) electrons. The molecule has 2 rings (SSSR count). The van der Waals surface area contributed by atoms with Gasteiger partial charge in [0, 0.05) is 29.9 Å². The summed E-state index contributed by atoms with van der Waals surface area (Å²) in [5, 5.41) is 3.26. The molecule has 0 saturated carbocycles. The summed E-state index contributed by atoms with van der Waals surface area (Å²) in [7, 11) is 1.45. The molecule has 0 saturated heterocycles. The fourth-order valence-electron chi connectivity index (χ4n) is 2.48. The van der Waals surface area contributed by atoms with E-state index in [2.05, 4.69) is 5.32 Å². The van der Waals surface area contributed by atoms with Crippen molar-refractivity contribution in [2.24, 2.45) is 0 Å². The fourth-order valence-corrected chi connectivity index (χ4v) is 3.12. The summed E-state index contributed by atoms with van der Waals surface area (Å²) in [6, 6.07) is 9.71. The monoisotopic (exact) mass is 394 g/mol. The summed E-state index contributed by atoms with van der Waals surface area (Å²) in [6.45, 7) is 5.15. The van der Waals surface area contributed by atoms with Crippen molar-refractivity contribution >= 4 is 40.7 Å². The first-order valence-corrected chi connectivity index (χ1v) is 8.90. The number of anilines is 1. The van der Waals surface area contributed by atoms with Crippen molar-refractivity contribution in [3.63, 3.8) is 0 Å². The first-order chi connectivity index (χ1) is 12.4. The molecule has 0 atom stereocenters. The van der Waals surface area contributed by atoms with Gasteiger partial charge in [-0.25, -0.2) is 0 Å². The van der Waals surface area contributed by atoms with Crippen LogP contribution in [0.3, 0.4) is 0 Å². The van der Waals surface area contributed by atoms with Crippen molar-refractivity contribution in [1.29, 1.82) is 0 Å². The van der Waals surface area contributed by atoms with Gasteiger partial charge >= 0.3 is 0 Å². The molecule has 7 heteroatoms. The molecule has 2 amide bonds. The summed E-state index contributed by atoms with van der Waals surface area (Å²) in [5.41, 5.74) is 1.44. The van der Waals surface area contributed by atoms with Crippen LogP contribution in [0.4, 0.5) is 5.69 Å². The Morgan fingerprint density at radius 3 is 2.00 bits per heavy atom. The lowest BCUT2D eigenvalue weighted by Crippen LogP contribution is -2.30. The number of hydrogen-bond donors (Lipinski definition) is 1. The number of carbonyl (C=O) groups is 2. The van der Waals surface area contributed by atoms with E-state index >= 15 is 0 Å². The minimum atomic E-state index is -0.362. The van der Waals surface area contributed by atoms with Gasteiger partial charge in [-0.2, -0.15) is 0 Å². The van der Waals surface area contributed by atoms with Crippen molar-refractivity contribution in [3.8, 4) is 5.75 Å². The zero-order valence-corrected chi connectivity index (χ0v) is 16.3. The number of carbonyl (C=O) groups excluding carboxylic acids is 2. The smallest absolute Gasteiger partial charge is 0.255 e. The minimum absolute atomic E-state index is 0.0402. The number of nitrogens with one attached hydrogen (secondary N) is 1. The van der Waals surface area contributed by atoms with Gasteiger partial charge in [0.2, 0.25) is 0 Å². The van der Waals surface area contributed by atoms with Gasteiger partial charge < -0.3 is 15.0 Å². The maximum absolute atomic E-state index is 12.4. The Hall–Kier alpha value is -2.24. The summed E-state index contributed by atoms with van der Waals surface area (Å²) in [5.74, 6) is -0.0787. The van der Waals surface area contributed by atoms with Gasteiger partial charge in [-0.1, -0.05) is 23.2 Å². The van der Waals surface area contributed by atoms with E-state index in [0.29, 0.717) is 35.7 Å². The number of hydrogen-bond acceptors (Lipinski definition) is 3. The molecule has 2 aromatic rings. The van der Waals surface area contributed by atoms with Crippen LogP contribution in [0.5, 0.6) is 5.75 Å². The Morgan fingerprint density at radius 2 is 1.54 bits per heavy atom. The van der Waals surface area contributed by atoms with Crippen LogP contribution >= 0.6 is 23.2 Å². The molecule has 0 bridgehead atoms. The standard InChI is InChI=1S/C19H20Cl2N2O3/c1-4-23(5-2)19(25)12-6-8-14(9-7-12)22-18(24)13-10-15(20)17(26-3)16(21)11-13/h6-11H,4-5H2,1-3H3,(H,22,24). The van der Waals surface area contributed by atoms with Crippen molar-refractivity contribution in [2.75, 3.05) is 25.5 Å². The first-order valence-electron chi connectivity index (χ1n) is 8.14. The highest BCUT2D eigenvalue weighted by molar-refractivity contribution is 6.37. The van der Waals surface area contributed by atoms with E-state index in [0.717, 1.165) is 0 Å². The Kier molecular flexibility index (Phi) is 6.89. The molecule has 0 aromatic heterocycles. The number of benzene rings is 2. The summed E-state index contributed by atoms with van der Waals surface area (Å²) in [6.07, 6.45) is 0. The normalized spacial score (nSPS) is 10.3. The lowest BCUT2D eigenvalue weighted by Gasteiger charge is -2.18. The average molecular weight is 395 g/mol. The molecule has 0 aliphatic carbocycles. The molecule has 26 heavy (non-hydrogen) atoms. The van der Waals surface area contributed by atoms with Gasteiger partial charge in [-0.05, 0) is 50.2 Å². The SMILES string of the molecule is CCN(CC)C(=O)c1ccc(NC(=O)c2cc(Cl)c(OC)c(Cl)c2)cc1. The van der Waals surface area contributed by atoms with Crippen LogP contribution in [0.15, 0.2) is 36.4 Å². The molecular weight excluding hydrogens is 375 g/mol. The van der Waals surface area contributed by atoms with Crippen LogP contribution in [-0.2, 0) is 0 Å². The highest BCUT2D eigenvalue weighted by Gasteiger charge is 2.15. The minimum Gasteiger partial charge on any atom is -0.494 e. The van der Waals surface area contributed by atoms with Gasteiger partial charge in [-0.3, -0.25) is 9.59 Å². The fraction of sp³-hybridized carbons (Fsp3) is 0.263. The molecule has 0 heterocycles. The third-order valence-electron chi connectivity index (χ3n) is 3.90. The molecular formula is C19H20Cl2N2O3. The number of methoxy groups -OCH3 is 1. The van der Waals surface area contributed by atoms with Crippen molar-refractivity contribution in [2.45, 2.75) is 13.8 Å². The van der Waals surface area contributed by atoms with E-state index in [9.17, 15) is 9.59 Å². The maximum Gasteiger partial charge on any atom is 0.255 e. The van der Waals surface area contributed by atoms with Crippen molar-refractivity contribution in [3.05, 3.63) is 57.6 Å². The largest absolute Gasteiger partial charge is 0.494 e. The van der Waals surface area contributed by atoms with E-state index in [1.807, 2.05) is 13.8 Å². The van der Waals surface area contributed by atoms with Crippen LogP contribution < -0.4 is 10.1 Å². The third kappa shape index (κ3) is 4.48. The van der Waals surface area contributed by atoms with E-state index in [1.54, 1.807) is 29.2 Å². The van der Waals surface area contributed by atoms with E-state index in [4.69, 9.17) is 27.9 Å². The number of ether oxygens (including phenoxy) is 1. The van der Waals surface area contributed by atoms with Crippen LogP contribution in [0.2, 0.25) is 10.0 Å². The zero-order chi connectivity index (χ0) is 19.3. The summed E-state index contributed by atoms with van der Waals surface area (Å²) >= 11 is 12.1. The summed E-state index contributed by atoms with van der Waals surface area (Å²) in [4.78, 5) is 26.4. The Bertz CT molecular complexity index is 780. The van der Waals surface area contributed by atoms with E-state index in [1.165, 1.54) is 19.2 Å².